The van der Waals surface area contributed by atoms with Gasteiger partial charge in [-0.2, -0.15) is 13.5 Å². The Morgan fingerprint density at radius 2 is 2.28 bits per heavy atom. The molecule has 1 saturated carbocycles. The second-order valence-electron chi connectivity index (χ2n) is 6.63. The highest BCUT2D eigenvalue weighted by molar-refractivity contribution is 7.84. The first-order valence-electron chi connectivity index (χ1n) is 8.70. The summed E-state index contributed by atoms with van der Waals surface area (Å²) in [5.41, 5.74) is 0.418. The molecule has 0 bridgehead atoms. The molecule has 2 aromatic rings. The highest BCUT2D eigenvalue weighted by Crippen LogP contribution is 2.29. The van der Waals surface area contributed by atoms with Gasteiger partial charge in [0.15, 0.2) is 0 Å². The highest BCUT2D eigenvalue weighted by atomic mass is 32.2. The van der Waals surface area contributed by atoms with E-state index in [-0.39, 0.29) is 36.2 Å². The molecule has 0 aromatic carbocycles. The van der Waals surface area contributed by atoms with E-state index in [4.69, 9.17) is 11.6 Å². The number of aromatic nitrogens is 4. The molecule has 2 aromatic heterocycles. The van der Waals surface area contributed by atoms with Crippen molar-refractivity contribution in [2.45, 2.75) is 31.5 Å². The van der Waals surface area contributed by atoms with Crippen molar-refractivity contribution in [2.75, 3.05) is 11.9 Å². The van der Waals surface area contributed by atoms with Crippen molar-refractivity contribution in [3.8, 4) is 12.3 Å². The van der Waals surface area contributed by atoms with Gasteiger partial charge in [-0.15, -0.1) is 6.42 Å². The maximum Gasteiger partial charge on any atom is 0.333 e. The minimum absolute atomic E-state index is 0.198. The van der Waals surface area contributed by atoms with Crippen LogP contribution >= 0.6 is 0 Å². The van der Waals surface area contributed by atoms with E-state index in [1.54, 1.807) is 12.3 Å². The predicted octanol–water partition coefficient (Wildman–Crippen LogP) is -0.691. The van der Waals surface area contributed by atoms with Gasteiger partial charge in [-0.25, -0.2) is 15.1 Å². The van der Waals surface area contributed by atoms with E-state index in [9.17, 15) is 18.3 Å². The largest absolute Gasteiger partial charge is 0.393 e. The molecular formula is C17H20N6O5S. The van der Waals surface area contributed by atoms with Gasteiger partial charge in [0.05, 0.1) is 18.3 Å². The van der Waals surface area contributed by atoms with Crippen LogP contribution in [-0.4, -0.2) is 57.8 Å². The summed E-state index contributed by atoms with van der Waals surface area (Å²) in [5, 5.41) is 22.2. The summed E-state index contributed by atoms with van der Waals surface area (Å²) < 4.78 is 27.9. The van der Waals surface area contributed by atoms with E-state index < -0.39 is 22.3 Å². The molecule has 0 amide bonds. The lowest BCUT2D eigenvalue weighted by molar-refractivity contribution is 0.101. The molecule has 0 unspecified atom stereocenters. The highest BCUT2D eigenvalue weighted by Gasteiger charge is 2.34. The zero-order valence-electron chi connectivity index (χ0n) is 15.3. The van der Waals surface area contributed by atoms with Gasteiger partial charge in [-0.1, -0.05) is 5.92 Å². The van der Waals surface area contributed by atoms with E-state index >= 15 is 0 Å². The molecule has 0 spiro atoms. The van der Waals surface area contributed by atoms with Gasteiger partial charge in [-0.3, -0.25) is 13.7 Å². The quantitative estimate of drug-likeness (QED) is 0.370. The maximum absolute atomic E-state index is 12.8. The number of carbonyl (C=O) groups is 1. The summed E-state index contributed by atoms with van der Waals surface area (Å²) in [6.07, 6.45) is 9.48. The number of aliphatic hydroxyl groups is 1. The van der Waals surface area contributed by atoms with Crippen molar-refractivity contribution in [1.29, 1.82) is 0 Å². The van der Waals surface area contributed by atoms with Crippen LogP contribution < -0.4 is 10.5 Å². The van der Waals surface area contributed by atoms with Gasteiger partial charge >= 0.3 is 10.3 Å². The van der Waals surface area contributed by atoms with E-state index in [0.29, 0.717) is 18.7 Å². The summed E-state index contributed by atoms with van der Waals surface area (Å²) in [5.74, 6) is 1.93. The van der Waals surface area contributed by atoms with Crippen molar-refractivity contribution < 1.29 is 22.5 Å². The summed E-state index contributed by atoms with van der Waals surface area (Å²) in [6, 6.07) is 1.30. The summed E-state index contributed by atoms with van der Waals surface area (Å²) in [4.78, 5) is 20.8. The fourth-order valence-electron chi connectivity index (χ4n) is 3.19. The molecule has 1 fully saturated rings. The smallest absolute Gasteiger partial charge is 0.333 e. The number of hydrogen-bond acceptors (Lipinski definition) is 9. The number of anilines is 1. The van der Waals surface area contributed by atoms with Crippen LogP contribution in [0.2, 0.25) is 0 Å². The van der Waals surface area contributed by atoms with Crippen molar-refractivity contribution in [1.82, 2.24) is 19.7 Å². The molecule has 1 aliphatic rings. The van der Waals surface area contributed by atoms with Gasteiger partial charge in [0.2, 0.25) is 5.78 Å². The third-order valence-electron chi connectivity index (χ3n) is 4.53. The van der Waals surface area contributed by atoms with Crippen molar-refractivity contribution in [2.24, 2.45) is 11.1 Å². The molecule has 0 saturated heterocycles. The fourth-order valence-corrected chi connectivity index (χ4v) is 3.55. The van der Waals surface area contributed by atoms with Crippen LogP contribution in [0.15, 0.2) is 24.8 Å². The average Bonchev–Trinajstić information content (AvgIpc) is 3.26. The van der Waals surface area contributed by atoms with Crippen LogP contribution in [0.3, 0.4) is 0 Å². The Morgan fingerprint density at radius 1 is 1.48 bits per heavy atom. The molecule has 11 nitrogen and oxygen atoms in total. The minimum atomic E-state index is -4.08. The lowest BCUT2D eigenvalue weighted by atomic mass is 10.1. The van der Waals surface area contributed by atoms with Crippen molar-refractivity contribution in [3.05, 3.63) is 36.0 Å². The Labute approximate surface area is 167 Å². The molecule has 29 heavy (non-hydrogen) atoms. The molecule has 2 heterocycles. The van der Waals surface area contributed by atoms with Crippen molar-refractivity contribution >= 4 is 21.9 Å². The molecule has 4 N–H and O–H groups in total. The lowest BCUT2D eigenvalue weighted by Crippen LogP contribution is -2.24. The van der Waals surface area contributed by atoms with E-state index in [0.717, 1.165) is 0 Å². The van der Waals surface area contributed by atoms with Gasteiger partial charge in [0.1, 0.15) is 24.4 Å². The summed E-state index contributed by atoms with van der Waals surface area (Å²) in [6.45, 7) is 0.0198. The molecule has 154 valence electrons. The van der Waals surface area contributed by atoms with Gasteiger partial charge in [0.25, 0.3) is 0 Å². The molecule has 0 radical (unpaired) electrons. The van der Waals surface area contributed by atoms with E-state index in [1.165, 1.54) is 17.2 Å². The van der Waals surface area contributed by atoms with Gasteiger partial charge in [-0.05, 0) is 18.9 Å². The topological polar surface area (TPSA) is 162 Å². The number of ketones is 1. The number of rotatable bonds is 8. The van der Waals surface area contributed by atoms with Crippen LogP contribution in [0.5, 0.6) is 0 Å². The van der Waals surface area contributed by atoms with E-state index in [2.05, 4.69) is 30.5 Å². The van der Waals surface area contributed by atoms with Crippen LogP contribution in [0, 0.1) is 18.3 Å². The molecular weight excluding hydrogens is 400 g/mol. The van der Waals surface area contributed by atoms with Crippen molar-refractivity contribution in [3.63, 3.8) is 0 Å². The van der Waals surface area contributed by atoms with E-state index in [1.807, 2.05) is 0 Å². The first-order chi connectivity index (χ1) is 13.8. The SMILES string of the molecule is C#CCn1ccc(C(=O)c2cncnc2N[C@@H]2C[C@H](COS(N)(=O)=O)[C@@H](O)C2)n1. The maximum atomic E-state index is 12.8. The second-order valence-corrected chi connectivity index (χ2v) is 7.86. The number of carbonyl (C=O) groups excluding carboxylic acids is 1. The Morgan fingerprint density at radius 3 is 3.00 bits per heavy atom. The molecule has 3 rings (SSSR count). The van der Waals surface area contributed by atoms with Gasteiger partial charge < -0.3 is 10.4 Å². The van der Waals surface area contributed by atoms with Gasteiger partial charge in [0, 0.05) is 24.4 Å². The zero-order valence-corrected chi connectivity index (χ0v) is 16.1. The number of nitrogens with two attached hydrogens (primary N) is 1. The second kappa shape index (κ2) is 8.66. The molecule has 3 atom stereocenters. The van der Waals surface area contributed by atoms with Crippen LogP contribution in [0.4, 0.5) is 5.82 Å². The first-order valence-corrected chi connectivity index (χ1v) is 10.2. The number of nitrogens with one attached hydrogen (secondary N) is 1. The number of terminal acetylenes is 1. The predicted molar refractivity (Wildman–Crippen MR) is 102 cm³/mol. The normalized spacial score (nSPS) is 21.6. The minimum Gasteiger partial charge on any atom is -0.393 e. The number of aliphatic hydroxyl groups excluding tert-OH is 1. The Bertz CT molecular complexity index is 1030. The first kappa shape index (κ1) is 20.9. The Balaban J connectivity index is 1.71. The Kier molecular flexibility index (Phi) is 6.23. The molecule has 12 heteroatoms. The fraction of sp³-hybridized carbons (Fsp3) is 0.412. The lowest BCUT2D eigenvalue weighted by Gasteiger charge is -2.15. The Hall–Kier alpha value is -2.85. The molecule has 1 aliphatic carbocycles. The standard InChI is InChI=1S/C17H20N6O5S/c1-2-4-23-5-3-14(22-23)16(25)13-8-19-10-20-17(13)21-12-6-11(15(24)7-12)9-28-29(18,26)27/h1,3,5,8,10-12,15,24H,4,6-7,9H2,(H2,18,26,27)(H,19,20,21)/t11-,12-,15+/m1/s1. The monoisotopic (exact) mass is 420 g/mol. The van der Waals surface area contributed by atoms with Crippen LogP contribution in [0.1, 0.15) is 28.9 Å². The third-order valence-corrected chi connectivity index (χ3v) is 4.99. The average molecular weight is 420 g/mol. The molecule has 0 aliphatic heterocycles. The van der Waals surface area contributed by atoms with Crippen LogP contribution in [-0.2, 0) is 21.0 Å². The third kappa shape index (κ3) is 5.36. The number of hydrogen-bond donors (Lipinski definition) is 3. The van der Waals surface area contributed by atoms with Crippen LogP contribution in [0.25, 0.3) is 0 Å². The summed E-state index contributed by atoms with van der Waals surface area (Å²) in [7, 11) is -4.08. The number of nitrogens with zero attached hydrogens (tertiary/aromatic N) is 4. The summed E-state index contributed by atoms with van der Waals surface area (Å²) >= 11 is 0. The zero-order chi connectivity index (χ0) is 21.0.